The summed E-state index contributed by atoms with van der Waals surface area (Å²) in [6.45, 7) is 7.30. The van der Waals surface area contributed by atoms with Crippen molar-refractivity contribution in [3.8, 4) is 0 Å². The van der Waals surface area contributed by atoms with E-state index in [0.717, 1.165) is 37.4 Å². The highest BCUT2D eigenvalue weighted by molar-refractivity contribution is 5.28. The third-order valence-corrected chi connectivity index (χ3v) is 3.32. The van der Waals surface area contributed by atoms with Gasteiger partial charge in [-0.05, 0) is 37.5 Å². The van der Waals surface area contributed by atoms with Gasteiger partial charge >= 0.3 is 0 Å². The van der Waals surface area contributed by atoms with E-state index in [1.807, 2.05) is 7.05 Å². The van der Waals surface area contributed by atoms with Gasteiger partial charge in [0.25, 0.3) is 5.95 Å². The lowest BCUT2D eigenvalue weighted by Gasteiger charge is -2.30. The van der Waals surface area contributed by atoms with Crippen LogP contribution in [-0.2, 0) is 0 Å². The molecule has 0 spiro atoms. The molecule has 2 heterocycles. The Morgan fingerprint density at radius 3 is 2.65 bits per heavy atom. The summed E-state index contributed by atoms with van der Waals surface area (Å²) in [5, 5.41) is 7.30. The van der Waals surface area contributed by atoms with Gasteiger partial charge in [0.1, 0.15) is 0 Å². The van der Waals surface area contributed by atoms with Crippen molar-refractivity contribution in [2.75, 3.05) is 31.6 Å². The third kappa shape index (κ3) is 2.97. The Kier molecular flexibility index (Phi) is 3.99. The second-order valence-electron chi connectivity index (χ2n) is 5.08. The number of nitrogens with zero attached hydrogens (tertiary/aromatic N) is 3. The molecule has 96 valence electrons. The zero-order chi connectivity index (χ0) is 12.3. The summed E-state index contributed by atoms with van der Waals surface area (Å²) in [7, 11) is 2.01. The number of anilines is 1. The maximum absolute atomic E-state index is 5.24. The van der Waals surface area contributed by atoms with Gasteiger partial charge in [0, 0.05) is 19.0 Å². The molecule has 17 heavy (non-hydrogen) atoms. The van der Waals surface area contributed by atoms with Crippen LogP contribution in [0.5, 0.6) is 0 Å². The van der Waals surface area contributed by atoms with Gasteiger partial charge in [0.05, 0.1) is 0 Å². The fourth-order valence-electron chi connectivity index (χ4n) is 2.22. The van der Waals surface area contributed by atoms with Crippen LogP contribution in [0.3, 0.4) is 0 Å². The minimum absolute atomic E-state index is 0.304. The quantitative estimate of drug-likeness (QED) is 0.864. The van der Waals surface area contributed by atoms with Crippen LogP contribution in [0.2, 0.25) is 0 Å². The maximum Gasteiger partial charge on any atom is 0.266 e. The van der Waals surface area contributed by atoms with Gasteiger partial charge in [-0.15, -0.1) is 0 Å². The van der Waals surface area contributed by atoms with E-state index in [2.05, 4.69) is 34.2 Å². The Hall–Kier alpha value is -1.10. The van der Waals surface area contributed by atoms with Crippen molar-refractivity contribution in [2.45, 2.75) is 32.6 Å². The molecule has 0 aliphatic carbocycles. The van der Waals surface area contributed by atoms with Crippen LogP contribution in [-0.4, -0.2) is 36.8 Å². The predicted octanol–water partition coefficient (Wildman–Crippen LogP) is 1.63. The average Bonchev–Trinajstić information content (AvgIpc) is 2.80. The van der Waals surface area contributed by atoms with Crippen molar-refractivity contribution in [3.05, 3.63) is 5.89 Å². The Labute approximate surface area is 103 Å². The summed E-state index contributed by atoms with van der Waals surface area (Å²) in [5.41, 5.74) is 0. The van der Waals surface area contributed by atoms with Gasteiger partial charge in [0.2, 0.25) is 5.89 Å². The molecule has 0 unspecified atom stereocenters. The van der Waals surface area contributed by atoms with Crippen LogP contribution in [0.25, 0.3) is 0 Å². The summed E-state index contributed by atoms with van der Waals surface area (Å²) < 4.78 is 5.24. The number of aromatic nitrogens is 2. The standard InChI is InChI=1S/C12H22N4O/c1-9(2)11-14-12(15-17-11)16-6-4-10(5-7-16)8-13-3/h9-10,13H,4-8H2,1-3H3. The molecule has 0 bridgehead atoms. The summed E-state index contributed by atoms with van der Waals surface area (Å²) in [5.74, 6) is 2.58. The van der Waals surface area contributed by atoms with Gasteiger partial charge in [0.15, 0.2) is 0 Å². The van der Waals surface area contributed by atoms with Crippen LogP contribution in [0, 0.1) is 5.92 Å². The zero-order valence-corrected chi connectivity index (χ0v) is 10.9. The number of nitrogens with one attached hydrogen (secondary N) is 1. The molecule has 0 aromatic carbocycles. The first kappa shape index (κ1) is 12.4. The fraction of sp³-hybridized carbons (Fsp3) is 0.833. The molecule has 0 atom stereocenters. The molecule has 0 radical (unpaired) electrons. The zero-order valence-electron chi connectivity index (χ0n) is 10.9. The minimum atomic E-state index is 0.304. The lowest BCUT2D eigenvalue weighted by atomic mass is 9.97. The Morgan fingerprint density at radius 1 is 1.41 bits per heavy atom. The van der Waals surface area contributed by atoms with Crippen molar-refractivity contribution >= 4 is 5.95 Å². The molecular formula is C12H22N4O. The van der Waals surface area contributed by atoms with E-state index in [1.165, 1.54) is 12.8 Å². The first-order valence-corrected chi connectivity index (χ1v) is 6.44. The molecular weight excluding hydrogens is 216 g/mol. The second-order valence-corrected chi connectivity index (χ2v) is 5.08. The van der Waals surface area contributed by atoms with E-state index in [0.29, 0.717) is 5.92 Å². The minimum Gasteiger partial charge on any atom is -0.338 e. The first-order chi connectivity index (χ1) is 8.20. The lowest BCUT2D eigenvalue weighted by molar-refractivity contribution is 0.358. The van der Waals surface area contributed by atoms with Gasteiger partial charge in [-0.1, -0.05) is 13.8 Å². The number of rotatable bonds is 4. The maximum atomic E-state index is 5.24. The highest BCUT2D eigenvalue weighted by Crippen LogP contribution is 2.22. The molecule has 1 aliphatic heterocycles. The molecule has 5 heteroatoms. The molecule has 1 N–H and O–H groups in total. The Morgan fingerprint density at radius 2 is 2.12 bits per heavy atom. The van der Waals surface area contributed by atoms with Crippen LogP contribution in [0.4, 0.5) is 5.95 Å². The third-order valence-electron chi connectivity index (χ3n) is 3.32. The average molecular weight is 238 g/mol. The normalized spacial score (nSPS) is 18.0. The molecule has 1 aliphatic rings. The molecule has 1 fully saturated rings. The van der Waals surface area contributed by atoms with E-state index in [4.69, 9.17) is 4.52 Å². The van der Waals surface area contributed by atoms with Crippen molar-refractivity contribution in [1.82, 2.24) is 15.5 Å². The van der Waals surface area contributed by atoms with Crippen molar-refractivity contribution in [1.29, 1.82) is 0 Å². The van der Waals surface area contributed by atoms with E-state index in [9.17, 15) is 0 Å². The first-order valence-electron chi connectivity index (χ1n) is 6.44. The summed E-state index contributed by atoms with van der Waals surface area (Å²) >= 11 is 0. The number of hydrogen-bond acceptors (Lipinski definition) is 5. The van der Waals surface area contributed by atoms with Crippen LogP contribution >= 0.6 is 0 Å². The Bertz CT molecular complexity index is 342. The highest BCUT2D eigenvalue weighted by atomic mass is 16.5. The van der Waals surface area contributed by atoms with Gasteiger partial charge in [-0.3, -0.25) is 0 Å². The van der Waals surface area contributed by atoms with E-state index < -0.39 is 0 Å². The largest absolute Gasteiger partial charge is 0.338 e. The number of piperidine rings is 1. The predicted molar refractivity (Wildman–Crippen MR) is 67.3 cm³/mol. The molecule has 1 saturated heterocycles. The highest BCUT2D eigenvalue weighted by Gasteiger charge is 2.22. The van der Waals surface area contributed by atoms with E-state index in [-0.39, 0.29) is 0 Å². The monoisotopic (exact) mass is 238 g/mol. The smallest absolute Gasteiger partial charge is 0.266 e. The van der Waals surface area contributed by atoms with Crippen molar-refractivity contribution < 1.29 is 4.52 Å². The van der Waals surface area contributed by atoms with Gasteiger partial charge < -0.3 is 14.7 Å². The molecule has 0 saturated carbocycles. The van der Waals surface area contributed by atoms with Crippen molar-refractivity contribution in [2.24, 2.45) is 5.92 Å². The van der Waals surface area contributed by atoms with Crippen LogP contribution in [0.15, 0.2) is 4.52 Å². The summed E-state index contributed by atoms with van der Waals surface area (Å²) in [4.78, 5) is 6.66. The van der Waals surface area contributed by atoms with E-state index >= 15 is 0 Å². The lowest BCUT2D eigenvalue weighted by Crippen LogP contribution is -2.37. The van der Waals surface area contributed by atoms with Crippen molar-refractivity contribution in [3.63, 3.8) is 0 Å². The molecule has 1 aromatic heterocycles. The molecule has 0 amide bonds. The van der Waals surface area contributed by atoms with Gasteiger partial charge in [-0.25, -0.2) is 0 Å². The van der Waals surface area contributed by atoms with E-state index in [1.54, 1.807) is 0 Å². The molecule has 1 aromatic rings. The van der Waals surface area contributed by atoms with Crippen LogP contribution < -0.4 is 10.2 Å². The van der Waals surface area contributed by atoms with Crippen LogP contribution in [0.1, 0.15) is 38.5 Å². The topological polar surface area (TPSA) is 54.2 Å². The number of hydrogen-bond donors (Lipinski definition) is 1. The fourth-order valence-corrected chi connectivity index (χ4v) is 2.22. The molecule has 5 nitrogen and oxygen atoms in total. The Balaban J connectivity index is 1.91. The van der Waals surface area contributed by atoms with Gasteiger partial charge in [-0.2, -0.15) is 4.98 Å². The summed E-state index contributed by atoms with van der Waals surface area (Å²) in [6, 6.07) is 0. The summed E-state index contributed by atoms with van der Waals surface area (Å²) in [6.07, 6.45) is 2.40. The second kappa shape index (κ2) is 5.49. The SMILES string of the molecule is CNCC1CCN(c2noc(C(C)C)n2)CC1. The molecule has 2 rings (SSSR count).